The lowest BCUT2D eigenvalue weighted by Gasteiger charge is -2.08. The summed E-state index contributed by atoms with van der Waals surface area (Å²) in [6.45, 7) is 0. The molecule has 0 bridgehead atoms. The van der Waals surface area contributed by atoms with Gasteiger partial charge in [-0.25, -0.2) is 4.79 Å². The summed E-state index contributed by atoms with van der Waals surface area (Å²) in [5.74, 6) is -1.40. The van der Waals surface area contributed by atoms with Crippen LogP contribution in [-0.4, -0.2) is 17.0 Å². The fourth-order valence-corrected chi connectivity index (χ4v) is 2.15. The molecular weight excluding hydrogens is 357 g/mol. The third kappa shape index (κ3) is 3.31. The van der Waals surface area contributed by atoms with Crippen molar-refractivity contribution in [1.29, 1.82) is 0 Å². The summed E-state index contributed by atoms with van der Waals surface area (Å²) in [5, 5.41) is 11.7. The lowest BCUT2D eigenvalue weighted by Crippen LogP contribution is -2.14. The van der Waals surface area contributed by atoms with Crippen molar-refractivity contribution in [3.8, 4) is 0 Å². The first-order valence-electron chi connectivity index (χ1n) is 5.47. The minimum absolute atomic E-state index is 0.0708. The molecule has 19 heavy (non-hydrogen) atoms. The topological polar surface area (TPSA) is 66.4 Å². The number of hydrogen-bond donors (Lipinski definition) is 2. The Labute approximate surface area is 123 Å². The van der Waals surface area contributed by atoms with Crippen molar-refractivity contribution in [1.82, 2.24) is 0 Å². The highest BCUT2D eigenvalue weighted by Crippen LogP contribution is 2.16. The van der Waals surface area contributed by atoms with Crippen LogP contribution >= 0.6 is 22.6 Å². The Morgan fingerprint density at radius 1 is 1.05 bits per heavy atom. The first-order chi connectivity index (χ1) is 9.08. The van der Waals surface area contributed by atoms with Crippen molar-refractivity contribution in [2.75, 3.05) is 5.32 Å². The highest BCUT2D eigenvalue weighted by molar-refractivity contribution is 14.1. The van der Waals surface area contributed by atoms with E-state index in [1.54, 1.807) is 36.4 Å². The van der Waals surface area contributed by atoms with Gasteiger partial charge in [-0.05, 0) is 52.9 Å². The summed E-state index contributed by atoms with van der Waals surface area (Å²) in [5.41, 5.74) is 0.854. The third-order valence-corrected chi connectivity index (χ3v) is 3.16. The number of aromatic carboxylic acids is 1. The summed E-state index contributed by atoms with van der Waals surface area (Å²) in [4.78, 5) is 23.1. The lowest BCUT2D eigenvalue weighted by molar-refractivity contribution is 0.0698. The predicted molar refractivity (Wildman–Crippen MR) is 80.5 cm³/mol. The van der Waals surface area contributed by atoms with Crippen LogP contribution in [0.15, 0.2) is 48.5 Å². The third-order valence-electron chi connectivity index (χ3n) is 2.49. The van der Waals surface area contributed by atoms with Gasteiger partial charge in [0.05, 0.1) is 11.3 Å². The fraction of sp³-hybridized carbons (Fsp3) is 0. The number of hydrogen-bond acceptors (Lipinski definition) is 2. The van der Waals surface area contributed by atoms with Crippen molar-refractivity contribution in [3.05, 3.63) is 63.2 Å². The second-order valence-corrected chi connectivity index (χ2v) is 5.06. The molecule has 5 heteroatoms. The van der Waals surface area contributed by atoms with E-state index < -0.39 is 5.97 Å². The zero-order valence-electron chi connectivity index (χ0n) is 9.76. The molecule has 0 spiro atoms. The van der Waals surface area contributed by atoms with Gasteiger partial charge in [-0.15, -0.1) is 0 Å². The minimum atomic E-state index is -1.07. The van der Waals surface area contributed by atoms with Gasteiger partial charge in [0.15, 0.2) is 0 Å². The molecule has 0 aliphatic carbocycles. The van der Waals surface area contributed by atoms with Crippen molar-refractivity contribution >= 4 is 40.2 Å². The van der Waals surface area contributed by atoms with Crippen LogP contribution in [0.25, 0.3) is 0 Å². The van der Waals surface area contributed by atoms with Gasteiger partial charge in [0.1, 0.15) is 0 Å². The fourth-order valence-electron chi connectivity index (χ4n) is 1.60. The summed E-state index contributed by atoms with van der Waals surface area (Å²) in [7, 11) is 0. The Bertz CT molecular complexity index is 640. The van der Waals surface area contributed by atoms with E-state index in [1.165, 1.54) is 6.07 Å². The number of amides is 1. The van der Waals surface area contributed by atoms with Crippen molar-refractivity contribution in [2.45, 2.75) is 0 Å². The molecule has 1 amide bonds. The standard InChI is InChI=1S/C14H10INO3/c15-10-5-3-4-9(8-10)13(17)16-12-7-2-1-6-11(12)14(18)19/h1-8H,(H,16,17)(H,18,19). The molecule has 0 aliphatic rings. The normalized spacial score (nSPS) is 9.95. The van der Waals surface area contributed by atoms with E-state index in [0.29, 0.717) is 11.3 Å². The number of carbonyl (C=O) groups excluding carboxylic acids is 1. The maximum absolute atomic E-state index is 12.0. The Balaban J connectivity index is 2.27. The first-order valence-corrected chi connectivity index (χ1v) is 6.55. The van der Waals surface area contributed by atoms with E-state index in [2.05, 4.69) is 27.9 Å². The number of benzene rings is 2. The predicted octanol–water partition coefficient (Wildman–Crippen LogP) is 3.24. The molecule has 2 N–H and O–H groups in total. The van der Waals surface area contributed by atoms with E-state index in [9.17, 15) is 9.59 Å². The van der Waals surface area contributed by atoms with E-state index >= 15 is 0 Å². The van der Waals surface area contributed by atoms with Gasteiger partial charge in [0, 0.05) is 9.13 Å². The smallest absolute Gasteiger partial charge is 0.337 e. The average Bonchev–Trinajstić information content (AvgIpc) is 2.39. The SMILES string of the molecule is O=C(Nc1ccccc1C(=O)O)c1cccc(I)c1. The number of rotatable bonds is 3. The molecular formula is C14H10INO3. The maximum atomic E-state index is 12.0. The number of nitrogens with one attached hydrogen (secondary N) is 1. The van der Waals surface area contributed by atoms with Gasteiger partial charge >= 0.3 is 5.97 Å². The number of carbonyl (C=O) groups is 2. The van der Waals surface area contributed by atoms with Gasteiger partial charge in [-0.3, -0.25) is 4.79 Å². The lowest BCUT2D eigenvalue weighted by atomic mass is 10.1. The van der Waals surface area contributed by atoms with Gasteiger partial charge < -0.3 is 10.4 Å². The molecule has 0 atom stereocenters. The molecule has 0 aliphatic heterocycles. The first kappa shape index (κ1) is 13.5. The molecule has 0 radical (unpaired) electrons. The quantitative estimate of drug-likeness (QED) is 0.819. The second kappa shape index (κ2) is 5.83. The molecule has 0 saturated carbocycles. The maximum Gasteiger partial charge on any atom is 0.337 e. The Morgan fingerprint density at radius 3 is 2.47 bits per heavy atom. The Morgan fingerprint density at radius 2 is 1.79 bits per heavy atom. The highest BCUT2D eigenvalue weighted by Gasteiger charge is 2.12. The van der Waals surface area contributed by atoms with Crippen LogP contribution in [0, 0.1) is 3.57 Å². The Hall–Kier alpha value is -1.89. The number of anilines is 1. The largest absolute Gasteiger partial charge is 0.478 e. The number of carboxylic acid groups (broad SMARTS) is 1. The van der Waals surface area contributed by atoms with Gasteiger partial charge in [-0.2, -0.15) is 0 Å². The van der Waals surface area contributed by atoms with Crippen LogP contribution in [0.4, 0.5) is 5.69 Å². The van der Waals surface area contributed by atoms with Crippen LogP contribution < -0.4 is 5.32 Å². The summed E-state index contributed by atoms with van der Waals surface area (Å²) in [6, 6.07) is 13.4. The van der Waals surface area contributed by atoms with Crippen LogP contribution in [-0.2, 0) is 0 Å². The molecule has 2 aromatic rings. The van der Waals surface area contributed by atoms with E-state index in [0.717, 1.165) is 3.57 Å². The van der Waals surface area contributed by atoms with Crippen molar-refractivity contribution < 1.29 is 14.7 Å². The van der Waals surface area contributed by atoms with E-state index in [4.69, 9.17) is 5.11 Å². The average molecular weight is 367 g/mol. The monoisotopic (exact) mass is 367 g/mol. The molecule has 0 heterocycles. The molecule has 0 unspecified atom stereocenters. The molecule has 0 saturated heterocycles. The summed E-state index contributed by atoms with van der Waals surface area (Å²) in [6.07, 6.45) is 0. The number of carboxylic acids is 1. The van der Waals surface area contributed by atoms with Crippen LogP contribution in [0.1, 0.15) is 20.7 Å². The summed E-state index contributed by atoms with van der Waals surface area (Å²) >= 11 is 2.11. The summed E-state index contributed by atoms with van der Waals surface area (Å²) < 4.78 is 0.941. The van der Waals surface area contributed by atoms with Crippen LogP contribution in [0.5, 0.6) is 0 Å². The zero-order valence-corrected chi connectivity index (χ0v) is 11.9. The number of halogens is 1. The molecule has 96 valence electrons. The van der Waals surface area contributed by atoms with Crippen LogP contribution in [0.2, 0.25) is 0 Å². The van der Waals surface area contributed by atoms with Crippen molar-refractivity contribution in [3.63, 3.8) is 0 Å². The molecule has 4 nitrogen and oxygen atoms in total. The molecule has 0 fully saturated rings. The van der Waals surface area contributed by atoms with Crippen molar-refractivity contribution in [2.24, 2.45) is 0 Å². The molecule has 2 aromatic carbocycles. The van der Waals surface area contributed by atoms with Crippen LogP contribution in [0.3, 0.4) is 0 Å². The number of para-hydroxylation sites is 1. The Kier molecular flexibility index (Phi) is 4.16. The van der Waals surface area contributed by atoms with E-state index in [1.807, 2.05) is 6.07 Å². The van der Waals surface area contributed by atoms with E-state index in [-0.39, 0.29) is 11.5 Å². The zero-order chi connectivity index (χ0) is 13.8. The molecule has 0 aromatic heterocycles. The van der Waals surface area contributed by atoms with Gasteiger partial charge in [0.25, 0.3) is 5.91 Å². The minimum Gasteiger partial charge on any atom is -0.478 e. The highest BCUT2D eigenvalue weighted by atomic mass is 127. The van der Waals surface area contributed by atoms with Gasteiger partial charge in [0.2, 0.25) is 0 Å². The second-order valence-electron chi connectivity index (χ2n) is 3.82. The van der Waals surface area contributed by atoms with Gasteiger partial charge in [-0.1, -0.05) is 18.2 Å². The molecule has 2 rings (SSSR count).